The van der Waals surface area contributed by atoms with Crippen LogP contribution in [0.15, 0.2) is 40.7 Å². The number of carbonyl (C=O) groups excluding carboxylic acids is 1. The average molecular weight is 387 g/mol. The van der Waals surface area contributed by atoms with Crippen molar-refractivity contribution in [2.24, 2.45) is 0 Å². The number of nitrogens with zero attached hydrogens (tertiary/aromatic N) is 2. The molecule has 3 aromatic rings. The Labute approximate surface area is 158 Å². The predicted octanol–water partition coefficient (Wildman–Crippen LogP) is 4.28. The first-order chi connectivity index (χ1) is 12.4. The van der Waals surface area contributed by atoms with Crippen molar-refractivity contribution in [3.8, 4) is 11.5 Å². The third kappa shape index (κ3) is 4.33. The number of nitrogens with one attached hydrogen (secondary N) is 1. The van der Waals surface area contributed by atoms with Crippen LogP contribution in [0, 0.1) is 13.8 Å². The number of phenols is 2. The summed E-state index contributed by atoms with van der Waals surface area (Å²) in [7, 11) is 0. The van der Waals surface area contributed by atoms with Crippen molar-refractivity contribution in [2.75, 3.05) is 11.1 Å². The molecule has 6 nitrogen and oxygen atoms in total. The quantitative estimate of drug-likeness (QED) is 0.330. The van der Waals surface area contributed by atoms with Gasteiger partial charge >= 0.3 is 0 Å². The summed E-state index contributed by atoms with van der Waals surface area (Å²) in [5, 5.41) is 30.8. The van der Waals surface area contributed by atoms with Crippen LogP contribution in [0.3, 0.4) is 0 Å². The van der Waals surface area contributed by atoms with Crippen LogP contribution < -0.4 is 5.32 Å². The number of phenolic OH excluding ortho intramolecular Hbond substituents is 2. The predicted molar refractivity (Wildman–Crippen MR) is 104 cm³/mol. The lowest BCUT2D eigenvalue weighted by atomic mass is 10.1. The van der Waals surface area contributed by atoms with Crippen molar-refractivity contribution in [1.29, 1.82) is 0 Å². The highest BCUT2D eigenvalue weighted by molar-refractivity contribution is 8.01. The second-order valence-corrected chi connectivity index (χ2v) is 7.91. The van der Waals surface area contributed by atoms with Gasteiger partial charge in [0.15, 0.2) is 21.6 Å². The van der Waals surface area contributed by atoms with Crippen molar-refractivity contribution in [3.63, 3.8) is 0 Å². The lowest BCUT2D eigenvalue weighted by molar-refractivity contribution is 0.102. The van der Waals surface area contributed by atoms with Crippen molar-refractivity contribution in [1.82, 2.24) is 10.2 Å². The van der Waals surface area contributed by atoms with E-state index in [4.69, 9.17) is 0 Å². The van der Waals surface area contributed by atoms with E-state index in [-0.39, 0.29) is 23.0 Å². The molecule has 8 heteroatoms. The van der Waals surface area contributed by atoms with Crippen molar-refractivity contribution >= 4 is 39.7 Å². The minimum atomic E-state index is -0.309. The molecule has 0 saturated carbocycles. The van der Waals surface area contributed by atoms with Crippen LogP contribution in [0.25, 0.3) is 0 Å². The lowest BCUT2D eigenvalue weighted by Crippen LogP contribution is -2.01. The monoisotopic (exact) mass is 387 g/mol. The number of ketones is 1. The number of benzene rings is 2. The second kappa shape index (κ2) is 7.76. The van der Waals surface area contributed by atoms with Crippen molar-refractivity contribution in [3.05, 3.63) is 53.1 Å². The Bertz CT molecular complexity index is 957. The van der Waals surface area contributed by atoms with Gasteiger partial charge in [0.1, 0.15) is 0 Å². The highest BCUT2D eigenvalue weighted by Gasteiger charge is 2.12. The van der Waals surface area contributed by atoms with Crippen LogP contribution >= 0.6 is 23.1 Å². The van der Waals surface area contributed by atoms with Gasteiger partial charge in [-0.2, -0.15) is 0 Å². The maximum Gasteiger partial charge on any atom is 0.210 e. The number of thioether (sulfide) groups is 1. The van der Waals surface area contributed by atoms with Gasteiger partial charge in [0.05, 0.1) is 5.75 Å². The standard InChI is InChI=1S/C18H17N3O3S2/c1-10-3-5-13(7-11(10)2)19-17-20-21-18(26-17)25-9-16(24)12-4-6-14(22)15(23)8-12/h3-8,22-23H,9H2,1-2H3,(H,19,20). The van der Waals surface area contributed by atoms with E-state index in [1.807, 2.05) is 18.2 Å². The molecule has 0 radical (unpaired) electrons. The average Bonchev–Trinajstić information content (AvgIpc) is 3.06. The summed E-state index contributed by atoms with van der Waals surface area (Å²) in [4.78, 5) is 12.2. The van der Waals surface area contributed by atoms with E-state index in [9.17, 15) is 15.0 Å². The summed E-state index contributed by atoms with van der Waals surface area (Å²) in [5.74, 6) is -0.552. The molecule has 3 rings (SSSR count). The smallest absolute Gasteiger partial charge is 0.210 e. The van der Waals surface area contributed by atoms with Gasteiger partial charge in [0.25, 0.3) is 0 Å². The fraction of sp³-hybridized carbons (Fsp3) is 0.167. The van der Waals surface area contributed by atoms with Crippen LogP contribution in [-0.4, -0.2) is 31.9 Å². The molecule has 0 aliphatic rings. The molecule has 0 saturated heterocycles. The maximum absolute atomic E-state index is 12.2. The van der Waals surface area contributed by atoms with Crippen LogP contribution in [0.4, 0.5) is 10.8 Å². The Balaban J connectivity index is 1.60. The number of aryl methyl sites for hydroxylation is 2. The summed E-state index contributed by atoms with van der Waals surface area (Å²) in [5.41, 5.74) is 3.70. The molecule has 0 atom stereocenters. The molecular weight excluding hydrogens is 370 g/mol. The maximum atomic E-state index is 12.2. The van der Waals surface area contributed by atoms with Crippen LogP contribution in [0.2, 0.25) is 0 Å². The van der Waals surface area contributed by atoms with Gasteiger partial charge in [-0.05, 0) is 55.3 Å². The minimum Gasteiger partial charge on any atom is -0.504 e. The molecule has 0 unspecified atom stereocenters. The Morgan fingerprint density at radius 3 is 2.62 bits per heavy atom. The molecule has 26 heavy (non-hydrogen) atoms. The second-order valence-electron chi connectivity index (χ2n) is 5.71. The molecule has 0 spiro atoms. The summed E-state index contributed by atoms with van der Waals surface area (Å²) in [6.07, 6.45) is 0. The number of rotatable bonds is 6. The Morgan fingerprint density at radius 2 is 1.88 bits per heavy atom. The van der Waals surface area contributed by atoms with E-state index < -0.39 is 0 Å². The fourth-order valence-corrected chi connectivity index (χ4v) is 3.84. The van der Waals surface area contributed by atoms with Gasteiger partial charge in [0, 0.05) is 11.3 Å². The minimum absolute atomic E-state index is 0.163. The molecule has 2 aromatic carbocycles. The third-order valence-corrected chi connectivity index (χ3v) is 5.76. The molecule has 1 heterocycles. The van der Waals surface area contributed by atoms with E-state index in [2.05, 4.69) is 29.4 Å². The van der Waals surface area contributed by atoms with E-state index in [0.29, 0.717) is 15.0 Å². The number of anilines is 2. The topological polar surface area (TPSA) is 95.3 Å². The van der Waals surface area contributed by atoms with Crippen molar-refractivity contribution in [2.45, 2.75) is 18.2 Å². The molecule has 1 aromatic heterocycles. The Hall–Kier alpha value is -2.58. The Morgan fingerprint density at radius 1 is 1.08 bits per heavy atom. The first kappa shape index (κ1) is 18.2. The number of hydrogen-bond donors (Lipinski definition) is 3. The van der Waals surface area contributed by atoms with Gasteiger partial charge in [-0.25, -0.2) is 0 Å². The SMILES string of the molecule is Cc1ccc(Nc2nnc(SCC(=O)c3ccc(O)c(O)c3)s2)cc1C. The summed E-state index contributed by atoms with van der Waals surface area (Å²) in [6.45, 7) is 4.11. The molecule has 3 N–H and O–H groups in total. The van der Waals surface area contributed by atoms with Gasteiger partial charge in [-0.15, -0.1) is 10.2 Å². The Kier molecular flexibility index (Phi) is 5.43. The summed E-state index contributed by atoms with van der Waals surface area (Å²) >= 11 is 2.65. The number of aromatic hydroxyl groups is 2. The fourth-order valence-electron chi connectivity index (χ4n) is 2.17. The highest BCUT2D eigenvalue weighted by Crippen LogP contribution is 2.30. The number of Topliss-reactive ketones (excluding diaryl/α,β-unsaturated/α-hetero) is 1. The molecule has 0 amide bonds. The van der Waals surface area contributed by atoms with E-state index in [1.165, 1.54) is 52.4 Å². The highest BCUT2D eigenvalue weighted by atomic mass is 32.2. The van der Waals surface area contributed by atoms with E-state index in [0.717, 1.165) is 5.69 Å². The lowest BCUT2D eigenvalue weighted by Gasteiger charge is -2.05. The number of hydrogen-bond acceptors (Lipinski definition) is 8. The van der Waals surface area contributed by atoms with E-state index in [1.54, 1.807) is 0 Å². The zero-order valence-electron chi connectivity index (χ0n) is 14.2. The first-order valence-corrected chi connectivity index (χ1v) is 9.58. The van der Waals surface area contributed by atoms with Gasteiger partial charge in [-0.3, -0.25) is 4.79 Å². The number of carbonyl (C=O) groups is 1. The van der Waals surface area contributed by atoms with Gasteiger partial charge < -0.3 is 15.5 Å². The van der Waals surface area contributed by atoms with Crippen LogP contribution in [0.1, 0.15) is 21.5 Å². The summed E-state index contributed by atoms with van der Waals surface area (Å²) in [6, 6.07) is 10.1. The zero-order chi connectivity index (χ0) is 18.7. The van der Waals surface area contributed by atoms with Crippen LogP contribution in [0.5, 0.6) is 11.5 Å². The van der Waals surface area contributed by atoms with Gasteiger partial charge in [0.2, 0.25) is 5.13 Å². The van der Waals surface area contributed by atoms with Crippen molar-refractivity contribution < 1.29 is 15.0 Å². The molecular formula is C18H17N3O3S2. The molecule has 0 aliphatic carbocycles. The molecule has 0 bridgehead atoms. The normalized spacial score (nSPS) is 10.7. The van der Waals surface area contributed by atoms with E-state index >= 15 is 0 Å². The molecule has 0 fully saturated rings. The number of aromatic nitrogens is 2. The zero-order valence-corrected chi connectivity index (χ0v) is 15.8. The molecule has 0 aliphatic heterocycles. The van der Waals surface area contributed by atoms with Crippen LogP contribution in [-0.2, 0) is 0 Å². The largest absolute Gasteiger partial charge is 0.504 e. The third-order valence-electron chi connectivity index (χ3n) is 3.79. The molecule has 134 valence electrons. The first-order valence-electron chi connectivity index (χ1n) is 7.78. The van der Waals surface area contributed by atoms with Gasteiger partial charge in [-0.1, -0.05) is 29.2 Å². The summed E-state index contributed by atoms with van der Waals surface area (Å²) < 4.78 is 0.674.